The van der Waals surface area contributed by atoms with Gasteiger partial charge in [-0.3, -0.25) is 48.9 Å². The van der Waals surface area contributed by atoms with Gasteiger partial charge in [-0.25, -0.2) is 16.8 Å². The lowest BCUT2D eigenvalue weighted by Gasteiger charge is -2.31. The van der Waals surface area contributed by atoms with Crippen LogP contribution in [0.2, 0.25) is 0 Å². The Morgan fingerprint density at radius 1 is 0.630 bits per heavy atom. The van der Waals surface area contributed by atoms with Gasteiger partial charge in [0.2, 0.25) is 43.7 Å². The van der Waals surface area contributed by atoms with Gasteiger partial charge >= 0.3 is 0 Å². The smallest absolute Gasteiger partial charge is 0.291 e. The highest BCUT2D eigenvalue weighted by atomic mass is 32.2. The fraction of sp³-hybridized carbons (Fsp3) is 0.385. The summed E-state index contributed by atoms with van der Waals surface area (Å²) in [5.41, 5.74) is 2.73. The average molecular weight is 1060 g/mol. The predicted octanol–water partition coefficient (Wildman–Crippen LogP) is 8.67. The minimum atomic E-state index is -3.82. The largest absolute Gasteiger partial charge is 0.338 e. The molecular formula is C52H60N6O12S3. The Kier molecular flexibility index (Phi) is 18.2. The summed E-state index contributed by atoms with van der Waals surface area (Å²) in [6.45, 7) is 11.1. The zero-order chi connectivity index (χ0) is 53.4. The van der Waals surface area contributed by atoms with E-state index in [0.29, 0.717) is 61.0 Å². The van der Waals surface area contributed by atoms with Gasteiger partial charge in [-0.15, -0.1) is 0 Å². The van der Waals surface area contributed by atoms with Gasteiger partial charge in [0.1, 0.15) is 0 Å². The highest BCUT2D eigenvalue weighted by Gasteiger charge is 2.34. The number of carbonyl (C=O) groups excluding carboxylic acids is 4. The maximum Gasteiger partial charge on any atom is 0.291 e. The van der Waals surface area contributed by atoms with Crippen molar-refractivity contribution in [3.8, 4) is 22.3 Å². The minimum Gasteiger partial charge on any atom is -0.338 e. The van der Waals surface area contributed by atoms with Gasteiger partial charge in [-0.05, 0) is 109 Å². The van der Waals surface area contributed by atoms with Crippen LogP contribution >= 0.6 is 11.8 Å². The normalized spacial score (nSPS) is 16.5. The lowest BCUT2D eigenvalue weighted by atomic mass is 9.89. The summed E-state index contributed by atoms with van der Waals surface area (Å²) in [5, 5.41) is 27.0. The molecule has 6 rings (SSSR count). The number of benzene rings is 4. The van der Waals surface area contributed by atoms with E-state index >= 15 is 0 Å². The molecular weight excluding hydrogens is 997 g/mol. The number of nitro groups is 2. The van der Waals surface area contributed by atoms with E-state index in [1.165, 1.54) is 60.1 Å². The Hall–Kier alpha value is -6.71. The number of carbonyl (C=O) groups is 4. The van der Waals surface area contributed by atoms with E-state index in [0.717, 1.165) is 22.9 Å². The van der Waals surface area contributed by atoms with Gasteiger partial charge in [0.05, 0.1) is 54.1 Å². The van der Waals surface area contributed by atoms with Crippen LogP contribution < -0.4 is 9.44 Å². The molecule has 2 N–H and O–H groups in total. The van der Waals surface area contributed by atoms with E-state index in [1.54, 1.807) is 36.4 Å². The highest BCUT2D eigenvalue weighted by molar-refractivity contribution is 7.99. The molecule has 0 aliphatic carbocycles. The molecule has 4 aromatic carbocycles. The molecule has 21 heteroatoms. The van der Waals surface area contributed by atoms with Crippen molar-refractivity contribution in [2.45, 2.75) is 88.9 Å². The third-order valence-corrected chi connectivity index (χ3v) is 16.6. The summed E-state index contributed by atoms with van der Waals surface area (Å²) in [4.78, 5) is 82.2. The first-order chi connectivity index (χ1) is 34.6. The molecule has 18 nitrogen and oxygen atoms in total. The maximum atomic E-state index is 13.8. The Morgan fingerprint density at radius 2 is 1.00 bits per heavy atom. The second-order valence-electron chi connectivity index (χ2n) is 18.5. The number of hydrogen-bond acceptors (Lipinski definition) is 13. The number of likely N-dealkylation sites (tertiary alicyclic amines) is 2. The number of rotatable bonds is 18. The van der Waals surface area contributed by atoms with Crippen LogP contribution in [0.4, 0.5) is 11.4 Å². The zero-order valence-corrected chi connectivity index (χ0v) is 44.0. The number of amides is 4. The second-order valence-corrected chi connectivity index (χ2v) is 23.6. The van der Waals surface area contributed by atoms with Crippen LogP contribution in [0, 0.1) is 32.1 Å². The Bertz CT molecular complexity index is 2890. The molecule has 0 saturated carbocycles. The molecule has 2 saturated heterocycles. The lowest BCUT2D eigenvalue weighted by Crippen LogP contribution is -2.46. The van der Waals surface area contributed by atoms with Crippen molar-refractivity contribution in [3.05, 3.63) is 127 Å². The third kappa shape index (κ3) is 13.5. The molecule has 4 amide bonds. The topological polar surface area (TPSA) is 253 Å². The Balaban J connectivity index is 1.44. The molecule has 2 heterocycles. The van der Waals surface area contributed by atoms with Crippen molar-refractivity contribution < 1.29 is 45.9 Å². The molecule has 2 fully saturated rings. The molecule has 73 heavy (non-hydrogen) atoms. The quantitative estimate of drug-likeness (QED) is 0.0538. The Labute approximate surface area is 430 Å². The van der Waals surface area contributed by atoms with Gasteiger partial charge in [0, 0.05) is 38.3 Å². The molecule has 388 valence electrons. The minimum absolute atomic E-state index is 0.0334. The fourth-order valence-electron chi connectivity index (χ4n) is 9.05. The van der Waals surface area contributed by atoms with Crippen LogP contribution in [0.25, 0.3) is 34.4 Å². The number of sulfonamides is 2. The molecule has 2 aliphatic rings. The van der Waals surface area contributed by atoms with E-state index in [2.05, 4.69) is 9.44 Å². The summed E-state index contributed by atoms with van der Waals surface area (Å²) in [5.74, 6) is -4.71. The highest BCUT2D eigenvalue weighted by Crippen LogP contribution is 2.50. The van der Waals surface area contributed by atoms with E-state index < -0.39 is 65.4 Å². The van der Waals surface area contributed by atoms with Gasteiger partial charge < -0.3 is 9.80 Å². The molecule has 2 atom stereocenters. The third-order valence-electron chi connectivity index (χ3n) is 12.9. The molecule has 0 spiro atoms. The van der Waals surface area contributed by atoms with Crippen molar-refractivity contribution in [2.24, 2.45) is 11.8 Å². The van der Waals surface area contributed by atoms with Crippen LogP contribution in [0.1, 0.15) is 101 Å². The SMILES string of the molecule is CCS(=O)(=O)NC(=O)C1CCCN(C(=O)C=Cc2ccc(Sc3ccc(C=CC(=O)N4CCCC(C(=O)NS(=O)(=O)CC)C4)c(-c4ccccc4C(C)C)c3[N+](=O)[O-])c([N+](=O)[O-])c2-c2ccccc2C(C)C)C1. The molecule has 0 radical (unpaired) electrons. The van der Waals surface area contributed by atoms with E-state index in [9.17, 15) is 56.2 Å². The standard InChI is InChI=1S/C52H60N6O12S3/c1-7-72(67,68)53-51(61)37-15-13-29-55(31-37)45(59)27-23-35-21-25-43(49(57(63)64)47(35)41-19-11-9-17-39(41)33(3)4)71-44-26-22-36(48(50(44)58(65)66)42-20-12-10-18-40(42)34(5)6)24-28-46(60)56-30-14-16-38(32-56)52(62)54-73(69,70)8-2/h9-12,17-28,33-34,37-38H,7-8,13-16,29-32H2,1-6H3,(H,53,61)(H,54,62). The van der Waals surface area contributed by atoms with Crippen LogP contribution in [0.5, 0.6) is 0 Å². The van der Waals surface area contributed by atoms with Gasteiger partial charge in [0.25, 0.3) is 11.4 Å². The number of nitrogens with zero attached hydrogens (tertiary/aromatic N) is 4. The predicted molar refractivity (Wildman–Crippen MR) is 281 cm³/mol. The second kappa shape index (κ2) is 23.9. The molecule has 0 bridgehead atoms. The van der Waals surface area contributed by atoms with Crippen molar-refractivity contribution in [1.82, 2.24) is 19.2 Å². The van der Waals surface area contributed by atoms with E-state index in [1.807, 2.05) is 52.0 Å². The number of piperidine rings is 2. The van der Waals surface area contributed by atoms with Crippen molar-refractivity contribution in [2.75, 3.05) is 37.7 Å². The number of nitro benzene ring substituents is 2. The number of nitrogens with one attached hydrogen (secondary N) is 2. The Morgan fingerprint density at radius 3 is 1.34 bits per heavy atom. The van der Waals surface area contributed by atoms with Crippen LogP contribution in [0.3, 0.4) is 0 Å². The summed E-state index contributed by atoms with van der Waals surface area (Å²) < 4.78 is 52.6. The average Bonchev–Trinajstić information content (AvgIpc) is 3.36. The van der Waals surface area contributed by atoms with Crippen molar-refractivity contribution >= 4 is 79.0 Å². The summed E-state index contributed by atoms with van der Waals surface area (Å²) >= 11 is 0.829. The summed E-state index contributed by atoms with van der Waals surface area (Å²) in [7, 11) is -7.64. The first-order valence-corrected chi connectivity index (χ1v) is 28.2. The first kappa shape index (κ1) is 55.6. The zero-order valence-electron chi connectivity index (χ0n) is 41.5. The molecule has 0 aromatic heterocycles. The van der Waals surface area contributed by atoms with Gasteiger partial charge in [-0.1, -0.05) is 100 Å². The van der Waals surface area contributed by atoms with Gasteiger partial charge in [-0.2, -0.15) is 0 Å². The molecule has 4 aromatic rings. The summed E-state index contributed by atoms with van der Waals surface area (Å²) in [6, 6.07) is 20.4. The maximum absolute atomic E-state index is 13.8. The van der Waals surface area contributed by atoms with Crippen molar-refractivity contribution in [1.29, 1.82) is 0 Å². The molecule has 2 unspecified atom stereocenters. The van der Waals surface area contributed by atoms with Gasteiger partial charge in [0.15, 0.2) is 0 Å². The van der Waals surface area contributed by atoms with Crippen LogP contribution in [-0.2, 0) is 39.2 Å². The fourth-order valence-corrected chi connectivity index (χ4v) is 11.3. The molecule has 2 aliphatic heterocycles. The first-order valence-electron chi connectivity index (χ1n) is 24.1. The monoisotopic (exact) mass is 1060 g/mol. The summed E-state index contributed by atoms with van der Waals surface area (Å²) in [6.07, 6.45) is 7.08. The van der Waals surface area contributed by atoms with E-state index in [-0.39, 0.29) is 68.7 Å². The van der Waals surface area contributed by atoms with Crippen LogP contribution in [-0.4, -0.2) is 97.8 Å². The number of hydrogen-bond donors (Lipinski definition) is 2. The lowest BCUT2D eigenvalue weighted by molar-refractivity contribution is -0.387. The van der Waals surface area contributed by atoms with Crippen LogP contribution in [0.15, 0.2) is 94.7 Å². The van der Waals surface area contributed by atoms with E-state index in [4.69, 9.17) is 0 Å². The van der Waals surface area contributed by atoms with Crippen molar-refractivity contribution in [3.63, 3.8) is 0 Å².